The van der Waals surface area contributed by atoms with E-state index < -0.39 is 0 Å². The maximum atomic E-state index is 6.21. The van der Waals surface area contributed by atoms with Gasteiger partial charge in [-0.3, -0.25) is 0 Å². The Morgan fingerprint density at radius 1 is 1.29 bits per heavy atom. The van der Waals surface area contributed by atoms with Gasteiger partial charge >= 0.3 is 0 Å². The van der Waals surface area contributed by atoms with E-state index in [4.69, 9.17) is 33.7 Å². The third-order valence-corrected chi connectivity index (χ3v) is 3.06. The number of nitrogen functional groups attached to an aromatic ring is 1. The van der Waals surface area contributed by atoms with Crippen LogP contribution in [0.2, 0.25) is 10.0 Å². The lowest BCUT2D eigenvalue weighted by atomic mass is 10.2. The SMILES string of the molecule is COCCN(c1c(Cl)cc(N)cc1Cl)C(C)C. The van der Waals surface area contributed by atoms with Crippen molar-refractivity contribution in [3.8, 4) is 0 Å². The maximum absolute atomic E-state index is 6.21. The fourth-order valence-electron chi connectivity index (χ4n) is 1.68. The molecule has 0 aliphatic heterocycles. The van der Waals surface area contributed by atoms with E-state index in [-0.39, 0.29) is 6.04 Å². The molecule has 5 heteroatoms. The number of rotatable bonds is 5. The van der Waals surface area contributed by atoms with Gasteiger partial charge in [0.25, 0.3) is 0 Å². The largest absolute Gasteiger partial charge is 0.399 e. The van der Waals surface area contributed by atoms with Crippen molar-refractivity contribution in [2.24, 2.45) is 0 Å². The van der Waals surface area contributed by atoms with Gasteiger partial charge in [0, 0.05) is 25.4 Å². The predicted molar refractivity (Wildman–Crippen MR) is 75.2 cm³/mol. The van der Waals surface area contributed by atoms with Crippen LogP contribution >= 0.6 is 23.2 Å². The molecule has 0 fully saturated rings. The molecule has 1 rings (SSSR count). The third kappa shape index (κ3) is 3.66. The molecule has 0 saturated heterocycles. The molecule has 96 valence electrons. The Hall–Kier alpha value is -0.640. The summed E-state index contributed by atoms with van der Waals surface area (Å²) in [6, 6.07) is 3.71. The van der Waals surface area contributed by atoms with Gasteiger partial charge in [-0.25, -0.2) is 0 Å². The van der Waals surface area contributed by atoms with Crippen LogP contribution in [0.25, 0.3) is 0 Å². The second kappa shape index (κ2) is 6.34. The van der Waals surface area contributed by atoms with Gasteiger partial charge in [-0.15, -0.1) is 0 Å². The number of benzene rings is 1. The summed E-state index contributed by atoms with van der Waals surface area (Å²) < 4.78 is 5.09. The zero-order chi connectivity index (χ0) is 13.0. The van der Waals surface area contributed by atoms with Crippen LogP contribution in [-0.4, -0.2) is 26.3 Å². The highest BCUT2D eigenvalue weighted by molar-refractivity contribution is 6.39. The summed E-state index contributed by atoms with van der Waals surface area (Å²) in [5, 5.41) is 1.14. The second-order valence-electron chi connectivity index (χ2n) is 4.11. The predicted octanol–water partition coefficient (Wildman–Crippen LogP) is 3.44. The van der Waals surface area contributed by atoms with Crippen LogP contribution in [0.3, 0.4) is 0 Å². The molecule has 1 aromatic rings. The van der Waals surface area contributed by atoms with Gasteiger partial charge in [0.1, 0.15) is 0 Å². The normalized spacial score (nSPS) is 10.9. The molecule has 1 aromatic carbocycles. The molecule has 0 aromatic heterocycles. The smallest absolute Gasteiger partial charge is 0.0749 e. The Morgan fingerprint density at radius 2 is 1.82 bits per heavy atom. The zero-order valence-electron chi connectivity index (χ0n) is 10.3. The van der Waals surface area contributed by atoms with E-state index in [0.717, 1.165) is 12.2 Å². The minimum Gasteiger partial charge on any atom is -0.399 e. The Bertz CT molecular complexity index is 360. The standard InChI is InChI=1S/C12H18Cl2N2O/c1-8(2)16(4-5-17-3)12-10(13)6-9(15)7-11(12)14/h6-8H,4-5,15H2,1-3H3. The van der Waals surface area contributed by atoms with Gasteiger partial charge < -0.3 is 15.4 Å². The number of hydrogen-bond acceptors (Lipinski definition) is 3. The fraction of sp³-hybridized carbons (Fsp3) is 0.500. The summed E-state index contributed by atoms with van der Waals surface area (Å²) in [4.78, 5) is 2.10. The number of hydrogen-bond donors (Lipinski definition) is 1. The van der Waals surface area contributed by atoms with Crippen molar-refractivity contribution in [2.75, 3.05) is 30.9 Å². The quantitative estimate of drug-likeness (QED) is 0.838. The molecule has 0 bridgehead atoms. The van der Waals surface area contributed by atoms with Crippen LogP contribution in [-0.2, 0) is 4.74 Å². The summed E-state index contributed by atoms with van der Waals surface area (Å²) in [5.74, 6) is 0. The average molecular weight is 277 g/mol. The second-order valence-corrected chi connectivity index (χ2v) is 4.93. The molecule has 0 aliphatic carbocycles. The first kappa shape index (κ1) is 14.4. The number of ether oxygens (including phenoxy) is 1. The van der Waals surface area contributed by atoms with Crippen molar-refractivity contribution >= 4 is 34.6 Å². The average Bonchev–Trinajstić information content (AvgIpc) is 2.20. The summed E-state index contributed by atoms with van der Waals surface area (Å²) in [7, 11) is 1.67. The Kier molecular flexibility index (Phi) is 5.37. The molecular weight excluding hydrogens is 259 g/mol. The molecule has 3 nitrogen and oxygen atoms in total. The van der Waals surface area contributed by atoms with Crippen molar-refractivity contribution in [3.05, 3.63) is 22.2 Å². The first-order valence-electron chi connectivity index (χ1n) is 5.47. The molecule has 0 saturated carbocycles. The molecule has 0 unspecified atom stereocenters. The van der Waals surface area contributed by atoms with Crippen molar-refractivity contribution in [3.63, 3.8) is 0 Å². The first-order chi connectivity index (χ1) is 7.97. The van der Waals surface area contributed by atoms with Crippen molar-refractivity contribution < 1.29 is 4.74 Å². The van der Waals surface area contributed by atoms with E-state index in [1.807, 2.05) is 0 Å². The molecular formula is C12H18Cl2N2O. The Labute approximate surface area is 112 Å². The highest BCUT2D eigenvalue weighted by Crippen LogP contribution is 2.36. The van der Waals surface area contributed by atoms with E-state index in [1.165, 1.54) is 0 Å². The van der Waals surface area contributed by atoms with Crippen LogP contribution in [0.1, 0.15) is 13.8 Å². The van der Waals surface area contributed by atoms with Gasteiger partial charge in [-0.05, 0) is 26.0 Å². The first-order valence-corrected chi connectivity index (χ1v) is 6.23. The van der Waals surface area contributed by atoms with E-state index in [2.05, 4.69) is 18.7 Å². The van der Waals surface area contributed by atoms with Gasteiger partial charge in [-0.1, -0.05) is 23.2 Å². The molecule has 0 heterocycles. The molecule has 0 atom stereocenters. The molecule has 0 radical (unpaired) electrons. The lowest BCUT2D eigenvalue weighted by Gasteiger charge is -2.30. The van der Waals surface area contributed by atoms with Gasteiger partial charge in [-0.2, -0.15) is 0 Å². The lowest BCUT2D eigenvalue weighted by molar-refractivity contribution is 0.204. The number of methoxy groups -OCH3 is 1. The van der Waals surface area contributed by atoms with Crippen LogP contribution in [0.4, 0.5) is 11.4 Å². The van der Waals surface area contributed by atoms with E-state index in [1.54, 1.807) is 19.2 Å². The summed E-state index contributed by atoms with van der Waals surface area (Å²) in [6.07, 6.45) is 0. The summed E-state index contributed by atoms with van der Waals surface area (Å²) in [6.45, 7) is 5.52. The number of nitrogens with zero attached hydrogens (tertiary/aromatic N) is 1. The maximum Gasteiger partial charge on any atom is 0.0749 e. The highest BCUT2D eigenvalue weighted by Gasteiger charge is 2.17. The van der Waals surface area contributed by atoms with E-state index in [0.29, 0.717) is 22.3 Å². The topological polar surface area (TPSA) is 38.5 Å². The number of anilines is 2. The van der Waals surface area contributed by atoms with Crippen molar-refractivity contribution in [2.45, 2.75) is 19.9 Å². The Balaban J connectivity index is 3.09. The van der Waals surface area contributed by atoms with Crippen molar-refractivity contribution in [1.29, 1.82) is 0 Å². The number of nitrogens with two attached hydrogens (primary N) is 1. The summed E-state index contributed by atoms with van der Waals surface area (Å²) >= 11 is 12.4. The monoisotopic (exact) mass is 276 g/mol. The minimum atomic E-state index is 0.281. The van der Waals surface area contributed by atoms with E-state index in [9.17, 15) is 0 Å². The zero-order valence-corrected chi connectivity index (χ0v) is 11.8. The van der Waals surface area contributed by atoms with Crippen LogP contribution in [0, 0.1) is 0 Å². The van der Waals surface area contributed by atoms with Crippen LogP contribution < -0.4 is 10.6 Å². The van der Waals surface area contributed by atoms with Gasteiger partial charge in [0.05, 0.1) is 22.3 Å². The van der Waals surface area contributed by atoms with Gasteiger partial charge in [0.15, 0.2) is 0 Å². The van der Waals surface area contributed by atoms with Crippen molar-refractivity contribution in [1.82, 2.24) is 0 Å². The highest BCUT2D eigenvalue weighted by atomic mass is 35.5. The lowest BCUT2D eigenvalue weighted by Crippen LogP contribution is -2.34. The molecule has 0 amide bonds. The Morgan fingerprint density at radius 3 is 2.24 bits per heavy atom. The minimum absolute atomic E-state index is 0.281. The summed E-state index contributed by atoms with van der Waals surface area (Å²) in [5.41, 5.74) is 7.08. The molecule has 2 N–H and O–H groups in total. The van der Waals surface area contributed by atoms with E-state index >= 15 is 0 Å². The van der Waals surface area contributed by atoms with Crippen LogP contribution in [0.15, 0.2) is 12.1 Å². The molecule has 0 aliphatic rings. The van der Waals surface area contributed by atoms with Crippen LogP contribution in [0.5, 0.6) is 0 Å². The number of halogens is 2. The molecule has 17 heavy (non-hydrogen) atoms. The van der Waals surface area contributed by atoms with Gasteiger partial charge in [0.2, 0.25) is 0 Å². The molecule has 0 spiro atoms. The third-order valence-electron chi connectivity index (χ3n) is 2.49. The fourth-order valence-corrected chi connectivity index (χ4v) is 2.40.